The first-order chi connectivity index (χ1) is 13.8. The molecule has 0 spiro atoms. The maximum absolute atomic E-state index is 12.4. The summed E-state index contributed by atoms with van der Waals surface area (Å²) in [4.78, 5) is 13.1. The molecule has 3 aromatic heterocycles. The lowest BCUT2D eigenvalue weighted by atomic mass is 10.2. The van der Waals surface area contributed by atoms with Crippen LogP contribution in [-0.4, -0.2) is 36.6 Å². The van der Waals surface area contributed by atoms with Crippen LogP contribution in [0.2, 0.25) is 0 Å². The minimum atomic E-state index is -0.244. The number of fused-ring (bicyclic) bond motifs is 1. The molecule has 1 aromatic carbocycles. The topological polar surface area (TPSA) is 94.3 Å². The number of nitrogens with one attached hydrogen (secondary N) is 1. The molecule has 0 radical (unpaired) electrons. The van der Waals surface area contributed by atoms with Crippen molar-refractivity contribution in [2.75, 3.05) is 6.54 Å². The van der Waals surface area contributed by atoms with E-state index in [1.165, 1.54) is 11.5 Å². The molecule has 0 atom stereocenters. The number of para-hydroxylation sites is 1. The number of carbonyl (C=O) groups excluding carboxylic acids is 1. The summed E-state index contributed by atoms with van der Waals surface area (Å²) in [5, 5.41) is 15.2. The van der Waals surface area contributed by atoms with Crippen LogP contribution >= 0.6 is 11.5 Å². The second-order valence-electron chi connectivity index (χ2n) is 6.05. The smallest absolute Gasteiger partial charge is 0.273 e. The summed E-state index contributed by atoms with van der Waals surface area (Å²) in [6.45, 7) is 0.771. The summed E-state index contributed by atoms with van der Waals surface area (Å²) < 4.78 is 11.5. The van der Waals surface area contributed by atoms with Gasteiger partial charge in [0.1, 0.15) is 18.2 Å². The third kappa shape index (κ3) is 4.15. The second kappa shape index (κ2) is 8.57. The van der Waals surface area contributed by atoms with E-state index < -0.39 is 0 Å². The van der Waals surface area contributed by atoms with Crippen molar-refractivity contribution in [3.8, 4) is 5.75 Å². The van der Waals surface area contributed by atoms with Gasteiger partial charge in [-0.15, -0.1) is 15.3 Å². The first kappa shape index (κ1) is 18.1. The zero-order valence-corrected chi connectivity index (χ0v) is 15.8. The number of carbonyl (C=O) groups is 1. The zero-order chi connectivity index (χ0) is 19.2. The van der Waals surface area contributed by atoms with Gasteiger partial charge in [-0.2, -0.15) is 0 Å². The SMILES string of the molecule is O=C(NCCCc1nnc2ccccn12)c1nnsc1COc1ccccc1. The molecule has 0 saturated carbocycles. The Labute approximate surface area is 165 Å². The number of amides is 1. The van der Waals surface area contributed by atoms with E-state index >= 15 is 0 Å². The molecule has 1 amide bonds. The first-order valence-electron chi connectivity index (χ1n) is 8.87. The number of ether oxygens (including phenoxy) is 1. The van der Waals surface area contributed by atoms with Gasteiger partial charge in [-0.1, -0.05) is 28.8 Å². The van der Waals surface area contributed by atoms with Gasteiger partial charge in [-0.25, -0.2) is 0 Å². The van der Waals surface area contributed by atoms with Crippen molar-refractivity contribution in [3.63, 3.8) is 0 Å². The fourth-order valence-corrected chi connectivity index (χ4v) is 3.29. The highest BCUT2D eigenvalue weighted by atomic mass is 32.1. The molecule has 0 unspecified atom stereocenters. The van der Waals surface area contributed by atoms with E-state index in [-0.39, 0.29) is 12.5 Å². The molecule has 4 rings (SSSR count). The average molecular weight is 394 g/mol. The minimum Gasteiger partial charge on any atom is -0.488 e. The van der Waals surface area contributed by atoms with Crippen LogP contribution in [-0.2, 0) is 13.0 Å². The van der Waals surface area contributed by atoms with Crippen LogP contribution in [0.25, 0.3) is 5.65 Å². The summed E-state index contributed by atoms with van der Waals surface area (Å²) in [5.74, 6) is 1.37. The van der Waals surface area contributed by atoms with Gasteiger partial charge in [0, 0.05) is 19.2 Å². The summed E-state index contributed by atoms with van der Waals surface area (Å²) in [6.07, 6.45) is 3.39. The molecule has 4 aromatic rings. The van der Waals surface area contributed by atoms with E-state index in [1.54, 1.807) is 0 Å². The van der Waals surface area contributed by atoms with Crippen LogP contribution in [0, 0.1) is 0 Å². The molecule has 28 heavy (non-hydrogen) atoms. The lowest BCUT2D eigenvalue weighted by molar-refractivity contribution is 0.0945. The van der Waals surface area contributed by atoms with Gasteiger partial charge in [-0.3, -0.25) is 9.20 Å². The molecule has 142 valence electrons. The van der Waals surface area contributed by atoms with E-state index in [0.717, 1.165) is 23.6 Å². The molecule has 1 N–H and O–H groups in total. The Bertz CT molecular complexity index is 1060. The molecule has 0 aliphatic carbocycles. The fourth-order valence-electron chi connectivity index (χ4n) is 2.74. The summed E-state index contributed by atoms with van der Waals surface area (Å²) in [5.41, 5.74) is 1.13. The number of hydrogen-bond donors (Lipinski definition) is 1. The quantitative estimate of drug-likeness (QED) is 0.462. The third-order valence-corrected chi connectivity index (χ3v) is 4.83. The lowest BCUT2D eigenvalue weighted by Crippen LogP contribution is -2.26. The van der Waals surface area contributed by atoms with Crippen LogP contribution < -0.4 is 10.1 Å². The standard InChI is InChI=1S/C19H18N6O2S/c26-19(18-15(28-24-23-18)13-27-14-7-2-1-3-8-14)20-11-6-10-17-22-21-16-9-4-5-12-25(16)17/h1-5,7-9,12H,6,10-11,13H2,(H,20,26). The fraction of sp³-hybridized carbons (Fsp3) is 0.211. The van der Waals surface area contributed by atoms with Crippen molar-refractivity contribution in [1.82, 2.24) is 29.5 Å². The van der Waals surface area contributed by atoms with Crippen LogP contribution in [0.15, 0.2) is 54.7 Å². The Morgan fingerprint density at radius 1 is 1.07 bits per heavy atom. The van der Waals surface area contributed by atoms with Crippen LogP contribution in [0.5, 0.6) is 5.75 Å². The molecule has 3 heterocycles. The minimum absolute atomic E-state index is 0.244. The maximum atomic E-state index is 12.4. The van der Waals surface area contributed by atoms with Crippen LogP contribution in [0.1, 0.15) is 27.6 Å². The number of benzene rings is 1. The predicted molar refractivity (Wildman–Crippen MR) is 104 cm³/mol. The van der Waals surface area contributed by atoms with E-state index in [1.807, 2.05) is 59.1 Å². The molecule has 9 heteroatoms. The molecule has 8 nitrogen and oxygen atoms in total. The van der Waals surface area contributed by atoms with Crippen molar-refractivity contribution in [2.45, 2.75) is 19.4 Å². The molecule has 0 bridgehead atoms. The molecule has 0 saturated heterocycles. The number of aromatic nitrogens is 5. The number of nitrogens with zero attached hydrogens (tertiary/aromatic N) is 5. The van der Waals surface area contributed by atoms with Crippen LogP contribution in [0.3, 0.4) is 0 Å². The summed E-state index contributed by atoms with van der Waals surface area (Å²) >= 11 is 1.17. The van der Waals surface area contributed by atoms with Crippen molar-refractivity contribution in [1.29, 1.82) is 0 Å². The molecule has 0 fully saturated rings. The average Bonchev–Trinajstić information content (AvgIpc) is 3.37. The number of hydrogen-bond acceptors (Lipinski definition) is 7. The van der Waals surface area contributed by atoms with Crippen molar-refractivity contribution in [2.24, 2.45) is 0 Å². The van der Waals surface area contributed by atoms with Crippen LogP contribution in [0.4, 0.5) is 0 Å². The number of rotatable bonds is 8. The Kier molecular flexibility index (Phi) is 5.53. The van der Waals surface area contributed by atoms with Gasteiger partial charge in [0.2, 0.25) is 0 Å². The summed E-state index contributed by atoms with van der Waals surface area (Å²) in [7, 11) is 0. The first-order valence-corrected chi connectivity index (χ1v) is 9.64. The Hall–Kier alpha value is -3.33. The maximum Gasteiger partial charge on any atom is 0.273 e. The van der Waals surface area contributed by atoms with Gasteiger partial charge in [0.05, 0.1) is 4.88 Å². The van der Waals surface area contributed by atoms with Crippen molar-refractivity contribution >= 4 is 23.1 Å². The normalized spacial score (nSPS) is 10.9. The van der Waals surface area contributed by atoms with Crippen molar-refractivity contribution < 1.29 is 9.53 Å². The van der Waals surface area contributed by atoms with Gasteiger partial charge >= 0.3 is 0 Å². The van der Waals surface area contributed by atoms with E-state index in [9.17, 15) is 4.79 Å². The second-order valence-corrected chi connectivity index (χ2v) is 6.89. The zero-order valence-electron chi connectivity index (χ0n) is 15.0. The Morgan fingerprint density at radius 2 is 1.93 bits per heavy atom. The monoisotopic (exact) mass is 394 g/mol. The lowest BCUT2D eigenvalue weighted by Gasteiger charge is -2.06. The molecule has 0 aliphatic heterocycles. The number of aryl methyl sites for hydroxylation is 1. The van der Waals surface area contributed by atoms with E-state index in [4.69, 9.17) is 4.74 Å². The molecular weight excluding hydrogens is 376 g/mol. The largest absolute Gasteiger partial charge is 0.488 e. The van der Waals surface area contributed by atoms with Gasteiger partial charge in [-0.05, 0) is 42.2 Å². The highest BCUT2D eigenvalue weighted by Crippen LogP contribution is 2.16. The van der Waals surface area contributed by atoms with E-state index in [2.05, 4.69) is 25.1 Å². The summed E-state index contributed by atoms with van der Waals surface area (Å²) in [6, 6.07) is 15.2. The third-order valence-electron chi connectivity index (χ3n) is 4.13. The molecular formula is C19H18N6O2S. The highest BCUT2D eigenvalue weighted by molar-refractivity contribution is 7.05. The van der Waals surface area contributed by atoms with Crippen molar-refractivity contribution in [3.05, 3.63) is 71.1 Å². The highest BCUT2D eigenvalue weighted by Gasteiger charge is 2.16. The van der Waals surface area contributed by atoms with Gasteiger partial charge < -0.3 is 10.1 Å². The Morgan fingerprint density at radius 3 is 2.82 bits per heavy atom. The number of pyridine rings is 1. The Balaban J connectivity index is 1.28. The van der Waals surface area contributed by atoms with Gasteiger partial charge in [0.15, 0.2) is 11.3 Å². The predicted octanol–water partition coefficient (Wildman–Crippen LogP) is 2.52. The molecule has 0 aliphatic rings. The van der Waals surface area contributed by atoms with Gasteiger partial charge in [0.25, 0.3) is 5.91 Å². The van der Waals surface area contributed by atoms with E-state index in [0.29, 0.717) is 23.5 Å².